The fourth-order valence-electron chi connectivity index (χ4n) is 2.01. The zero-order valence-electron chi connectivity index (χ0n) is 11.7. The van der Waals surface area contributed by atoms with Crippen LogP contribution in [0.4, 0.5) is 5.69 Å². The quantitative estimate of drug-likeness (QED) is 0.468. The molecule has 0 aliphatic heterocycles. The van der Waals surface area contributed by atoms with Crippen LogP contribution >= 0.6 is 31.9 Å². The van der Waals surface area contributed by atoms with Gasteiger partial charge in [0.15, 0.2) is 0 Å². The summed E-state index contributed by atoms with van der Waals surface area (Å²) in [5.41, 5.74) is 2.76. The number of nitro benzene ring substituents is 1. The van der Waals surface area contributed by atoms with Gasteiger partial charge in [-0.2, -0.15) is 0 Å². The Morgan fingerprint density at radius 2 is 1.57 bits per heavy atom. The van der Waals surface area contributed by atoms with Gasteiger partial charge in [-0.1, -0.05) is 15.9 Å². The third-order valence-corrected chi connectivity index (χ3v) is 4.96. The molecular weight excluding hydrogens is 402 g/mol. The third-order valence-electron chi connectivity index (χ3n) is 3.08. The van der Waals surface area contributed by atoms with Gasteiger partial charge in [-0.3, -0.25) is 10.1 Å². The Bertz CT molecular complexity index is 706. The van der Waals surface area contributed by atoms with Gasteiger partial charge in [-0.25, -0.2) is 0 Å². The van der Waals surface area contributed by atoms with Crippen molar-refractivity contribution in [3.8, 4) is 11.5 Å². The summed E-state index contributed by atoms with van der Waals surface area (Å²) in [5.74, 6) is 1.25. The summed E-state index contributed by atoms with van der Waals surface area (Å²) in [6.45, 7) is 5.66. The minimum Gasteiger partial charge on any atom is -0.456 e. The number of nitrogens with zero attached hydrogens (tertiary/aromatic N) is 1. The van der Waals surface area contributed by atoms with Gasteiger partial charge < -0.3 is 4.74 Å². The smallest absolute Gasteiger partial charge is 0.273 e. The lowest BCUT2D eigenvalue weighted by Gasteiger charge is -2.12. The van der Waals surface area contributed by atoms with Gasteiger partial charge in [-0.15, -0.1) is 0 Å². The number of halogens is 2. The summed E-state index contributed by atoms with van der Waals surface area (Å²) in [6, 6.07) is 6.96. The van der Waals surface area contributed by atoms with Crippen molar-refractivity contribution in [2.75, 3.05) is 0 Å². The molecule has 0 bridgehead atoms. The van der Waals surface area contributed by atoms with Crippen molar-refractivity contribution in [3.05, 3.63) is 60.0 Å². The Hall–Kier alpha value is -1.40. The average Bonchev–Trinajstić information content (AvgIpc) is 2.39. The molecule has 21 heavy (non-hydrogen) atoms. The van der Waals surface area contributed by atoms with Crippen LogP contribution in [0.3, 0.4) is 0 Å². The molecule has 0 aliphatic carbocycles. The van der Waals surface area contributed by atoms with Crippen LogP contribution in [0.25, 0.3) is 0 Å². The maximum Gasteiger partial charge on any atom is 0.273 e. The molecule has 2 aromatic rings. The maximum atomic E-state index is 10.9. The highest BCUT2D eigenvalue weighted by Crippen LogP contribution is 2.36. The molecule has 0 atom stereocenters. The van der Waals surface area contributed by atoms with Crippen molar-refractivity contribution in [1.82, 2.24) is 0 Å². The first-order valence-electron chi connectivity index (χ1n) is 6.18. The molecule has 0 aromatic heterocycles. The number of rotatable bonds is 3. The molecule has 0 heterocycles. The first-order chi connectivity index (χ1) is 9.79. The van der Waals surface area contributed by atoms with Crippen LogP contribution in [-0.4, -0.2) is 4.92 Å². The molecule has 0 aliphatic rings. The van der Waals surface area contributed by atoms with Crippen molar-refractivity contribution < 1.29 is 9.66 Å². The Morgan fingerprint density at radius 3 is 2.10 bits per heavy atom. The zero-order chi connectivity index (χ0) is 15.7. The Morgan fingerprint density at radius 1 is 1.00 bits per heavy atom. The molecule has 2 rings (SSSR count). The van der Waals surface area contributed by atoms with Gasteiger partial charge in [0.1, 0.15) is 11.5 Å². The molecule has 0 amide bonds. The van der Waals surface area contributed by atoms with E-state index in [4.69, 9.17) is 4.74 Å². The SMILES string of the molecule is Cc1cc(Oc2cc(C)c(Br)c(C)c2)c(Br)cc1[N+](=O)[O-]. The summed E-state index contributed by atoms with van der Waals surface area (Å²) in [4.78, 5) is 10.5. The molecule has 6 heteroatoms. The minimum absolute atomic E-state index is 0.0670. The molecular formula is C15H13Br2NO3. The van der Waals surface area contributed by atoms with Gasteiger partial charge >= 0.3 is 0 Å². The zero-order valence-corrected chi connectivity index (χ0v) is 14.9. The predicted molar refractivity (Wildman–Crippen MR) is 89.2 cm³/mol. The molecule has 0 spiro atoms. The first-order valence-corrected chi connectivity index (χ1v) is 7.77. The van der Waals surface area contributed by atoms with E-state index >= 15 is 0 Å². The second-order valence-corrected chi connectivity index (χ2v) is 6.45. The van der Waals surface area contributed by atoms with Gasteiger partial charge in [0, 0.05) is 16.1 Å². The summed E-state index contributed by atoms with van der Waals surface area (Å²) in [6.07, 6.45) is 0. The highest BCUT2D eigenvalue weighted by atomic mass is 79.9. The molecule has 0 unspecified atom stereocenters. The lowest BCUT2D eigenvalue weighted by molar-refractivity contribution is -0.385. The van der Waals surface area contributed by atoms with E-state index < -0.39 is 4.92 Å². The molecule has 0 saturated heterocycles. The Labute approximate surface area is 139 Å². The summed E-state index contributed by atoms with van der Waals surface area (Å²) in [7, 11) is 0. The van der Waals surface area contributed by atoms with Crippen LogP contribution in [0.5, 0.6) is 11.5 Å². The van der Waals surface area contributed by atoms with Gasteiger partial charge in [-0.05, 0) is 66.0 Å². The number of benzene rings is 2. The van der Waals surface area contributed by atoms with Gasteiger partial charge in [0.2, 0.25) is 0 Å². The average molecular weight is 415 g/mol. The molecule has 110 valence electrons. The van der Waals surface area contributed by atoms with E-state index in [-0.39, 0.29) is 5.69 Å². The van der Waals surface area contributed by atoms with Crippen molar-refractivity contribution in [3.63, 3.8) is 0 Å². The monoisotopic (exact) mass is 413 g/mol. The maximum absolute atomic E-state index is 10.9. The Balaban J connectivity index is 2.41. The third kappa shape index (κ3) is 3.44. The molecule has 4 nitrogen and oxygen atoms in total. The van der Waals surface area contributed by atoms with E-state index in [0.717, 1.165) is 15.6 Å². The van der Waals surface area contributed by atoms with E-state index in [1.54, 1.807) is 13.0 Å². The highest BCUT2D eigenvalue weighted by molar-refractivity contribution is 9.10. The molecule has 0 N–H and O–H groups in total. The minimum atomic E-state index is -0.405. The Kier molecular flexibility index (Phi) is 4.68. The van der Waals surface area contributed by atoms with Crippen molar-refractivity contribution in [2.45, 2.75) is 20.8 Å². The largest absolute Gasteiger partial charge is 0.456 e. The second kappa shape index (κ2) is 6.15. The van der Waals surface area contributed by atoms with Crippen molar-refractivity contribution in [1.29, 1.82) is 0 Å². The highest BCUT2D eigenvalue weighted by Gasteiger charge is 2.15. The first kappa shape index (κ1) is 16.0. The standard InChI is InChI=1S/C15H13Br2NO3/c1-8-6-14(12(16)7-13(8)18(19)20)21-11-4-9(2)15(17)10(3)5-11/h4-7H,1-3H3. The second-order valence-electron chi connectivity index (χ2n) is 4.80. The fraction of sp³-hybridized carbons (Fsp3) is 0.200. The van der Waals surface area contributed by atoms with Crippen LogP contribution in [-0.2, 0) is 0 Å². The molecule has 0 radical (unpaired) electrons. The van der Waals surface area contributed by atoms with Crippen molar-refractivity contribution in [2.24, 2.45) is 0 Å². The number of hydrogen-bond acceptors (Lipinski definition) is 3. The van der Waals surface area contributed by atoms with E-state index in [1.165, 1.54) is 6.07 Å². The summed E-state index contributed by atoms with van der Waals surface area (Å²) < 4.78 is 7.45. The van der Waals surface area contributed by atoms with Crippen LogP contribution in [0.2, 0.25) is 0 Å². The number of ether oxygens (including phenoxy) is 1. The van der Waals surface area contributed by atoms with Crippen LogP contribution in [0.15, 0.2) is 33.2 Å². The van der Waals surface area contributed by atoms with E-state index in [9.17, 15) is 10.1 Å². The number of hydrogen-bond donors (Lipinski definition) is 0. The van der Waals surface area contributed by atoms with Gasteiger partial charge in [0.05, 0.1) is 9.40 Å². The van der Waals surface area contributed by atoms with E-state index in [1.807, 2.05) is 26.0 Å². The van der Waals surface area contributed by atoms with Crippen molar-refractivity contribution >= 4 is 37.5 Å². The van der Waals surface area contributed by atoms with Gasteiger partial charge in [0.25, 0.3) is 5.69 Å². The molecule has 2 aromatic carbocycles. The van der Waals surface area contributed by atoms with E-state index in [0.29, 0.717) is 21.5 Å². The molecule has 0 saturated carbocycles. The van der Waals surface area contributed by atoms with E-state index in [2.05, 4.69) is 31.9 Å². The van der Waals surface area contributed by atoms with Crippen LogP contribution in [0, 0.1) is 30.9 Å². The normalized spacial score (nSPS) is 10.5. The summed E-state index contributed by atoms with van der Waals surface area (Å²) >= 11 is 6.83. The predicted octanol–water partition coefficient (Wildman–Crippen LogP) is 5.84. The number of nitro groups is 1. The topological polar surface area (TPSA) is 52.4 Å². The lowest BCUT2D eigenvalue weighted by atomic mass is 10.1. The molecule has 0 fully saturated rings. The lowest BCUT2D eigenvalue weighted by Crippen LogP contribution is -1.94. The summed E-state index contributed by atoms with van der Waals surface area (Å²) in [5, 5.41) is 10.9. The van der Waals surface area contributed by atoms with Crippen LogP contribution in [0.1, 0.15) is 16.7 Å². The number of aryl methyl sites for hydroxylation is 3. The van der Waals surface area contributed by atoms with Crippen LogP contribution < -0.4 is 4.74 Å². The fourth-order valence-corrected chi connectivity index (χ4v) is 2.65.